The molecule has 1 aromatic heterocycles. The monoisotopic (exact) mass is 576 g/mol. The molecule has 0 atom stereocenters. The van der Waals surface area contributed by atoms with Crippen LogP contribution in [-0.2, 0) is 16.2 Å². The number of hydrogen-bond acceptors (Lipinski definition) is 5. The zero-order valence-electron chi connectivity index (χ0n) is 23.4. The van der Waals surface area contributed by atoms with Gasteiger partial charge in [-0.15, -0.1) is 0 Å². The number of carbonyl (C=O) groups excluding carboxylic acids is 2. The smallest absolute Gasteiger partial charge is 0.271 e. The third-order valence-electron chi connectivity index (χ3n) is 7.10. The van der Waals surface area contributed by atoms with Gasteiger partial charge < -0.3 is 4.74 Å². The average Bonchev–Trinajstić information content (AvgIpc) is 3.44. The Balaban J connectivity index is 1.54. The molecule has 8 heteroatoms. The number of aromatic nitrogens is 2. The number of ether oxygens (including phenoxy) is 1. The van der Waals surface area contributed by atoms with Gasteiger partial charge in [-0.25, -0.2) is 4.68 Å². The summed E-state index contributed by atoms with van der Waals surface area (Å²) >= 11 is 6.26. The van der Waals surface area contributed by atoms with Crippen molar-refractivity contribution < 1.29 is 14.3 Å². The van der Waals surface area contributed by atoms with E-state index in [2.05, 4.69) is 0 Å². The van der Waals surface area contributed by atoms with Crippen LogP contribution < -0.4 is 4.74 Å². The highest BCUT2D eigenvalue weighted by atomic mass is 35.5. The van der Waals surface area contributed by atoms with Gasteiger partial charge in [-0.3, -0.25) is 14.5 Å². The molecule has 0 saturated carbocycles. The first kappa shape index (κ1) is 28.6. The van der Waals surface area contributed by atoms with Crippen LogP contribution in [0.2, 0.25) is 5.02 Å². The van der Waals surface area contributed by atoms with E-state index in [0.717, 1.165) is 23.2 Å². The lowest BCUT2D eigenvalue weighted by Crippen LogP contribution is -2.43. The number of para-hydroxylation sites is 1. The molecular weight excluding hydrogens is 548 g/mol. The highest BCUT2D eigenvalue weighted by molar-refractivity contribution is 6.31. The quantitative estimate of drug-likeness (QED) is 0.156. The highest BCUT2D eigenvalue weighted by Gasteiger charge is 2.35. The topological polar surface area (TPSA) is 88.2 Å². The Labute approximate surface area is 249 Å². The van der Waals surface area contributed by atoms with Gasteiger partial charge in [0.1, 0.15) is 24.0 Å². The predicted octanol–water partition coefficient (Wildman–Crippen LogP) is 7.16. The summed E-state index contributed by atoms with van der Waals surface area (Å²) in [6.45, 7) is 4.22. The van der Waals surface area contributed by atoms with Gasteiger partial charge in [0.25, 0.3) is 11.8 Å². The fourth-order valence-corrected chi connectivity index (χ4v) is 4.91. The molecule has 7 nitrogen and oxygen atoms in total. The summed E-state index contributed by atoms with van der Waals surface area (Å²) < 4.78 is 7.71. The molecule has 0 fully saturated rings. The SMILES string of the molecule is CCCCN1C(=O)C(C#N)=C(C)/C(=C\c2cn(-c3ccccc3)nc2-c2ccc(OCc3ccccc3Cl)cc2)C1=O. The molecule has 1 aliphatic rings. The van der Waals surface area contributed by atoms with E-state index in [0.29, 0.717) is 46.2 Å². The molecule has 0 bridgehead atoms. The molecule has 0 N–H and O–H groups in total. The fraction of sp³-hybridized carbons (Fsp3) is 0.176. The molecule has 1 aliphatic heterocycles. The summed E-state index contributed by atoms with van der Waals surface area (Å²) in [5, 5.41) is 15.3. The van der Waals surface area contributed by atoms with Gasteiger partial charge in [0.05, 0.1) is 11.4 Å². The maximum Gasteiger partial charge on any atom is 0.271 e. The molecule has 0 saturated heterocycles. The number of amides is 2. The van der Waals surface area contributed by atoms with E-state index in [9.17, 15) is 14.9 Å². The molecule has 42 heavy (non-hydrogen) atoms. The lowest BCUT2D eigenvalue weighted by molar-refractivity contribution is -0.140. The summed E-state index contributed by atoms with van der Waals surface area (Å²) in [6, 6.07) is 26.7. The summed E-state index contributed by atoms with van der Waals surface area (Å²) in [7, 11) is 0. The summed E-state index contributed by atoms with van der Waals surface area (Å²) in [6.07, 6.45) is 5.04. The second-order valence-electron chi connectivity index (χ2n) is 9.90. The number of unbranched alkanes of at least 4 members (excludes halogenated alkanes) is 1. The van der Waals surface area contributed by atoms with Crippen LogP contribution in [0.1, 0.15) is 37.8 Å². The van der Waals surface area contributed by atoms with Gasteiger partial charge in [-0.2, -0.15) is 10.4 Å². The van der Waals surface area contributed by atoms with E-state index < -0.39 is 11.8 Å². The van der Waals surface area contributed by atoms with Gasteiger partial charge >= 0.3 is 0 Å². The zero-order valence-corrected chi connectivity index (χ0v) is 24.1. The molecule has 210 valence electrons. The normalized spacial score (nSPS) is 14.4. The second kappa shape index (κ2) is 12.7. The minimum absolute atomic E-state index is 0.0195. The lowest BCUT2D eigenvalue weighted by Gasteiger charge is -2.27. The second-order valence-corrected chi connectivity index (χ2v) is 10.3. The van der Waals surface area contributed by atoms with Crippen molar-refractivity contribution in [3.05, 3.63) is 118 Å². The Morgan fingerprint density at radius 2 is 1.69 bits per heavy atom. The van der Waals surface area contributed by atoms with Crippen LogP contribution in [0.25, 0.3) is 23.0 Å². The molecule has 3 aromatic carbocycles. The number of nitriles is 1. The maximum absolute atomic E-state index is 13.5. The van der Waals surface area contributed by atoms with Crippen LogP contribution in [-0.4, -0.2) is 33.0 Å². The van der Waals surface area contributed by atoms with Crippen molar-refractivity contribution in [3.63, 3.8) is 0 Å². The van der Waals surface area contributed by atoms with Crippen molar-refractivity contribution in [2.75, 3.05) is 6.54 Å². The lowest BCUT2D eigenvalue weighted by atomic mass is 9.93. The van der Waals surface area contributed by atoms with E-state index in [1.54, 1.807) is 17.7 Å². The minimum Gasteiger partial charge on any atom is -0.489 e. The van der Waals surface area contributed by atoms with Crippen LogP contribution in [0.15, 0.2) is 102 Å². The first-order valence-corrected chi connectivity index (χ1v) is 14.1. The Kier molecular flexibility index (Phi) is 8.66. The number of carbonyl (C=O) groups is 2. The van der Waals surface area contributed by atoms with Crippen molar-refractivity contribution in [1.82, 2.24) is 14.7 Å². The van der Waals surface area contributed by atoms with Crippen LogP contribution in [0.4, 0.5) is 0 Å². The fourth-order valence-electron chi connectivity index (χ4n) is 4.72. The van der Waals surface area contributed by atoms with Crippen molar-refractivity contribution in [3.8, 4) is 28.8 Å². The third-order valence-corrected chi connectivity index (χ3v) is 7.47. The van der Waals surface area contributed by atoms with Gasteiger partial charge in [-0.05, 0) is 67.5 Å². The molecule has 4 aromatic rings. The number of rotatable bonds is 9. The molecule has 5 rings (SSSR count). The van der Waals surface area contributed by atoms with Crippen molar-refractivity contribution in [2.24, 2.45) is 0 Å². The van der Waals surface area contributed by atoms with Crippen molar-refractivity contribution >= 4 is 29.5 Å². The number of benzene rings is 3. The molecule has 0 spiro atoms. The number of nitrogens with zero attached hydrogens (tertiary/aromatic N) is 4. The van der Waals surface area contributed by atoms with Crippen LogP contribution >= 0.6 is 11.6 Å². The molecular formula is C34H29ClN4O3. The first-order chi connectivity index (χ1) is 20.4. The number of halogens is 1. The molecule has 0 aliphatic carbocycles. The summed E-state index contributed by atoms with van der Waals surface area (Å²) in [5.74, 6) is -0.282. The van der Waals surface area contributed by atoms with Gasteiger partial charge in [0.15, 0.2) is 0 Å². The van der Waals surface area contributed by atoms with Crippen molar-refractivity contribution in [1.29, 1.82) is 5.26 Å². The summed E-state index contributed by atoms with van der Waals surface area (Å²) in [5.41, 5.74) is 4.51. The predicted molar refractivity (Wildman–Crippen MR) is 163 cm³/mol. The van der Waals surface area contributed by atoms with E-state index >= 15 is 0 Å². The van der Waals surface area contributed by atoms with Gasteiger partial charge in [0.2, 0.25) is 0 Å². The van der Waals surface area contributed by atoms with Crippen molar-refractivity contribution in [2.45, 2.75) is 33.3 Å². The van der Waals surface area contributed by atoms with Crippen LogP contribution in [0, 0.1) is 11.3 Å². The number of imide groups is 1. The maximum atomic E-state index is 13.5. The Bertz CT molecular complexity index is 1730. The number of hydrogen-bond donors (Lipinski definition) is 0. The molecule has 0 unspecified atom stereocenters. The van der Waals surface area contributed by atoms with Gasteiger partial charge in [0, 0.05) is 40.0 Å². The highest BCUT2D eigenvalue weighted by Crippen LogP contribution is 2.32. The third kappa shape index (κ3) is 5.90. The summed E-state index contributed by atoms with van der Waals surface area (Å²) in [4.78, 5) is 27.6. The standard InChI is InChI=1S/C34H29ClN4O3/c1-3-4-18-38-33(40)29(23(2)30(20-36)34(38)41)19-26-21-39(27-11-6-5-7-12-27)37-32(26)24-14-16-28(17-15-24)42-22-25-10-8-9-13-31(25)35/h5-17,19,21H,3-4,18,22H2,1-2H3/b29-19+. The van der Waals surface area contributed by atoms with Crippen LogP contribution in [0.3, 0.4) is 0 Å². The van der Waals surface area contributed by atoms with E-state index in [4.69, 9.17) is 21.4 Å². The molecule has 2 heterocycles. The Hall–Kier alpha value is -4.93. The van der Waals surface area contributed by atoms with E-state index in [1.807, 2.05) is 98.1 Å². The molecule has 0 radical (unpaired) electrons. The first-order valence-electron chi connectivity index (χ1n) is 13.7. The average molecular weight is 577 g/mol. The molecule has 2 amide bonds. The van der Waals surface area contributed by atoms with E-state index in [1.165, 1.54) is 4.90 Å². The largest absolute Gasteiger partial charge is 0.489 e. The minimum atomic E-state index is -0.543. The zero-order chi connectivity index (χ0) is 29.6. The van der Waals surface area contributed by atoms with Crippen LogP contribution in [0.5, 0.6) is 5.75 Å². The van der Waals surface area contributed by atoms with E-state index in [-0.39, 0.29) is 12.1 Å². The van der Waals surface area contributed by atoms with Gasteiger partial charge in [-0.1, -0.05) is 61.3 Å². The Morgan fingerprint density at radius 3 is 2.38 bits per heavy atom. The Morgan fingerprint density at radius 1 is 0.976 bits per heavy atom.